The van der Waals surface area contributed by atoms with Gasteiger partial charge in [0.05, 0.1) is 6.10 Å². The molecule has 2 saturated heterocycles. The predicted molar refractivity (Wildman–Crippen MR) is 111 cm³/mol. The fourth-order valence-electron chi connectivity index (χ4n) is 5.26. The van der Waals surface area contributed by atoms with E-state index in [4.69, 9.17) is 4.84 Å². The van der Waals surface area contributed by atoms with Crippen molar-refractivity contribution in [3.63, 3.8) is 0 Å². The Balaban J connectivity index is 1.17. The molecule has 7 nitrogen and oxygen atoms in total. The van der Waals surface area contributed by atoms with Crippen LogP contribution in [0.15, 0.2) is 24.3 Å². The first-order valence-corrected chi connectivity index (χ1v) is 11.2. The quantitative estimate of drug-likeness (QED) is 0.815. The van der Waals surface area contributed by atoms with Crippen LogP contribution in [0.1, 0.15) is 53.9 Å². The Bertz CT molecular complexity index is 814. The number of carbonyl (C=O) groups is 2. The van der Waals surface area contributed by atoms with Gasteiger partial charge in [0.25, 0.3) is 11.8 Å². The summed E-state index contributed by atoms with van der Waals surface area (Å²) in [6.07, 6.45) is 4.85. The SMILES string of the molecule is CN1CC2CCC(c3ccc(C(=O)N4CCN(C(=O)C5(O)CC5)CC4)cc3)CC2O1. The lowest BCUT2D eigenvalue weighted by Gasteiger charge is -2.36. The van der Waals surface area contributed by atoms with Gasteiger partial charge < -0.3 is 14.9 Å². The molecule has 7 heteroatoms. The smallest absolute Gasteiger partial charge is 0.254 e. The summed E-state index contributed by atoms with van der Waals surface area (Å²) < 4.78 is 0. The summed E-state index contributed by atoms with van der Waals surface area (Å²) in [6.45, 7) is 3.04. The molecule has 30 heavy (non-hydrogen) atoms. The molecule has 3 unspecified atom stereocenters. The maximum atomic E-state index is 12.9. The highest BCUT2D eigenvalue weighted by atomic mass is 16.7. The second-order valence-electron chi connectivity index (χ2n) is 9.46. The molecule has 0 bridgehead atoms. The van der Waals surface area contributed by atoms with Crippen LogP contribution in [0.3, 0.4) is 0 Å². The van der Waals surface area contributed by atoms with E-state index >= 15 is 0 Å². The first kappa shape index (κ1) is 20.0. The molecule has 2 aliphatic carbocycles. The van der Waals surface area contributed by atoms with Crippen molar-refractivity contribution in [2.45, 2.75) is 49.7 Å². The Morgan fingerprint density at radius 2 is 1.70 bits per heavy atom. The van der Waals surface area contributed by atoms with Crippen molar-refractivity contribution in [2.24, 2.45) is 5.92 Å². The Morgan fingerprint density at radius 1 is 1.03 bits per heavy atom. The lowest BCUT2D eigenvalue weighted by Crippen LogP contribution is -2.53. The van der Waals surface area contributed by atoms with Crippen LogP contribution < -0.4 is 0 Å². The molecule has 2 amide bonds. The average Bonchev–Trinajstić information content (AvgIpc) is 3.41. The fourth-order valence-corrected chi connectivity index (χ4v) is 5.26. The van der Waals surface area contributed by atoms with E-state index in [-0.39, 0.29) is 11.8 Å². The molecule has 2 heterocycles. The van der Waals surface area contributed by atoms with Gasteiger partial charge in [-0.3, -0.25) is 14.4 Å². The third-order valence-corrected chi connectivity index (χ3v) is 7.34. The topological polar surface area (TPSA) is 73.3 Å². The number of nitrogens with zero attached hydrogens (tertiary/aromatic N) is 3. The van der Waals surface area contributed by atoms with Gasteiger partial charge in [-0.05, 0) is 55.7 Å². The Morgan fingerprint density at radius 3 is 2.37 bits per heavy atom. The van der Waals surface area contributed by atoms with Crippen molar-refractivity contribution in [1.29, 1.82) is 0 Å². The van der Waals surface area contributed by atoms with Crippen LogP contribution in [0.25, 0.3) is 0 Å². The number of carbonyl (C=O) groups excluding carboxylic acids is 2. The molecule has 1 aromatic rings. The first-order valence-electron chi connectivity index (χ1n) is 11.2. The summed E-state index contributed by atoms with van der Waals surface area (Å²) >= 11 is 0. The number of hydrogen-bond acceptors (Lipinski definition) is 5. The molecule has 4 fully saturated rings. The van der Waals surface area contributed by atoms with E-state index in [1.54, 1.807) is 4.90 Å². The number of hydroxylamine groups is 2. The summed E-state index contributed by atoms with van der Waals surface area (Å²) in [5.41, 5.74) is 0.862. The van der Waals surface area contributed by atoms with E-state index in [9.17, 15) is 14.7 Å². The van der Waals surface area contributed by atoms with Crippen molar-refractivity contribution in [3.05, 3.63) is 35.4 Å². The molecule has 2 saturated carbocycles. The zero-order chi connectivity index (χ0) is 20.9. The first-order chi connectivity index (χ1) is 14.4. The van der Waals surface area contributed by atoms with Crippen molar-refractivity contribution in [1.82, 2.24) is 14.9 Å². The Labute approximate surface area is 177 Å². The van der Waals surface area contributed by atoms with E-state index in [1.807, 2.05) is 29.1 Å². The van der Waals surface area contributed by atoms with Gasteiger partial charge in [0.15, 0.2) is 0 Å². The van der Waals surface area contributed by atoms with E-state index in [1.165, 1.54) is 18.4 Å². The van der Waals surface area contributed by atoms with Crippen LogP contribution in [0, 0.1) is 5.92 Å². The lowest BCUT2D eigenvalue weighted by atomic mass is 9.77. The maximum Gasteiger partial charge on any atom is 0.254 e. The van der Waals surface area contributed by atoms with Crippen LogP contribution in [0.4, 0.5) is 0 Å². The highest BCUT2D eigenvalue weighted by Crippen LogP contribution is 2.40. The van der Waals surface area contributed by atoms with Gasteiger partial charge in [0, 0.05) is 51.3 Å². The number of amides is 2. The standard InChI is InChI=1S/C23H31N3O4/c1-24-15-19-7-6-18(14-20(19)30-24)16-2-4-17(5-3-16)21(27)25-10-12-26(13-11-25)22(28)23(29)8-9-23/h2-5,18-20,29H,6-15H2,1H3. The third kappa shape index (κ3) is 3.74. The molecular formula is C23H31N3O4. The molecule has 1 aromatic carbocycles. The fraction of sp³-hybridized carbons (Fsp3) is 0.652. The normalized spacial score (nSPS) is 30.8. The molecule has 0 spiro atoms. The van der Waals surface area contributed by atoms with E-state index in [0.29, 0.717) is 62.5 Å². The van der Waals surface area contributed by atoms with Gasteiger partial charge in [-0.25, -0.2) is 0 Å². The van der Waals surface area contributed by atoms with Gasteiger partial charge in [-0.2, -0.15) is 5.06 Å². The van der Waals surface area contributed by atoms with Gasteiger partial charge in [0.1, 0.15) is 5.60 Å². The summed E-state index contributed by atoms with van der Waals surface area (Å²) in [6, 6.07) is 8.07. The minimum atomic E-state index is -1.12. The average molecular weight is 414 g/mol. The number of rotatable bonds is 3. The van der Waals surface area contributed by atoms with Crippen molar-refractivity contribution < 1.29 is 19.5 Å². The largest absolute Gasteiger partial charge is 0.380 e. The minimum Gasteiger partial charge on any atom is -0.380 e. The Kier molecular flexibility index (Phi) is 5.08. The summed E-state index contributed by atoms with van der Waals surface area (Å²) in [7, 11) is 2.01. The number of hydrogen-bond donors (Lipinski definition) is 1. The minimum absolute atomic E-state index is 0.0169. The van der Waals surface area contributed by atoms with Crippen LogP contribution in [-0.2, 0) is 9.63 Å². The Hall–Kier alpha value is -1.96. The van der Waals surface area contributed by atoms with Gasteiger partial charge in [-0.15, -0.1) is 0 Å². The highest BCUT2D eigenvalue weighted by molar-refractivity contribution is 5.94. The molecule has 0 aromatic heterocycles. The summed E-state index contributed by atoms with van der Waals surface area (Å²) in [4.78, 5) is 34.6. The summed E-state index contributed by atoms with van der Waals surface area (Å²) in [5.74, 6) is 0.984. The molecular weight excluding hydrogens is 382 g/mol. The molecule has 4 aliphatic rings. The maximum absolute atomic E-state index is 12.9. The van der Waals surface area contributed by atoms with Crippen LogP contribution >= 0.6 is 0 Å². The van der Waals surface area contributed by atoms with E-state index in [0.717, 1.165) is 13.0 Å². The van der Waals surface area contributed by atoms with Crippen molar-refractivity contribution in [2.75, 3.05) is 39.8 Å². The molecule has 5 rings (SSSR count). The van der Waals surface area contributed by atoms with Crippen LogP contribution in [-0.4, -0.2) is 83.3 Å². The van der Waals surface area contributed by atoms with Gasteiger partial charge >= 0.3 is 0 Å². The number of aliphatic hydroxyl groups is 1. The summed E-state index contributed by atoms with van der Waals surface area (Å²) in [5, 5.41) is 12.0. The number of benzene rings is 1. The second kappa shape index (κ2) is 7.62. The molecule has 1 N–H and O–H groups in total. The lowest BCUT2D eigenvalue weighted by molar-refractivity contribution is -0.143. The zero-order valence-electron chi connectivity index (χ0n) is 17.6. The van der Waals surface area contributed by atoms with Crippen LogP contribution in [0.5, 0.6) is 0 Å². The van der Waals surface area contributed by atoms with E-state index in [2.05, 4.69) is 12.1 Å². The van der Waals surface area contributed by atoms with Gasteiger partial charge in [0.2, 0.25) is 0 Å². The molecule has 0 radical (unpaired) electrons. The molecule has 2 aliphatic heterocycles. The zero-order valence-corrected chi connectivity index (χ0v) is 17.6. The molecule has 162 valence electrons. The highest BCUT2D eigenvalue weighted by Gasteiger charge is 2.50. The van der Waals surface area contributed by atoms with Crippen LogP contribution in [0.2, 0.25) is 0 Å². The second-order valence-corrected chi connectivity index (χ2v) is 9.46. The third-order valence-electron chi connectivity index (χ3n) is 7.34. The van der Waals surface area contributed by atoms with Crippen molar-refractivity contribution in [3.8, 4) is 0 Å². The van der Waals surface area contributed by atoms with E-state index < -0.39 is 5.60 Å². The predicted octanol–water partition coefficient (Wildman–Crippen LogP) is 1.63. The molecule has 3 atom stereocenters. The number of fused-ring (bicyclic) bond motifs is 1. The monoisotopic (exact) mass is 413 g/mol. The van der Waals surface area contributed by atoms with Gasteiger partial charge in [-0.1, -0.05) is 12.1 Å². The van der Waals surface area contributed by atoms with Crippen molar-refractivity contribution >= 4 is 11.8 Å². The number of piperazine rings is 1.